The van der Waals surface area contributed by atoms with Crippen LogP contribution in [0, 0.1) is 0 Å². The van der Waals surface area contributed by atoms with E-state index in [0.29, 0.717) is 12.6 Å². The number of likely N-dealkylation sites (N-methyl/N-ethyl adjacent to an activating group) is 2. The van der Waals surface area contributed by atoms with Crippen LogP contribution in [-0.4, -0.2) is 49.4 Å². The molecule has 0 spiro atoms. The molecule has 0 aromatic carbocycles. The van der Waals surface area contributed by atoms with Gasteiger partial charge in [-0.2, -0.15) is 0 Å². The summed E-state index contributed by atoms with van der Waals surface area (Å²) in [5.74, 6) is 0.171. The van der Waals surface area contributed by atoms with Gasteiger partial charge in [0.1, 0.15) is 0 Å². The predicted molar refractivity (Wildman–Crippen MR) is 57.8 cm³/mol. The first-order valence-corrected chi connectivity index (χ1v) is 4.85. The van der Waals surface area contributed by atoms with Crippen LogP contribution in [-0.2, 0) is 4.79 Å². The zero-order valence-electron chi connectivity index (χ0n) is 10.1. The van der Waals surface area contributed by atoms with Gasteiger partial charge in [0, 0.05) is 13.1 Å². The van der Waals surface area contributed by atoms with Crippen LogP contribution in [0.1, 0.15) is 27.7 Å². The highest BCUT2D eigenvalue weighted by atomic mass is 16.2. The van der Waals surface area contributed by atoms with Crippen LogP contribution in [0.3, 0.4) is 0 Å². The molecule has 0 aliphatic heterocycles. The summed E-state index contributed by atoms with van der Waals surface area (Å²) in [5.41, 5.74) is 0. The Bertz CT molecular complexity index is 133. The van der Waals surface area contributed by atoms with Crippen molar-refractivity contribution in [2.75, 3.05) is 27.7 Å². The number of amides is 1. The van der Waals surface area contributed by atoms with Crippen LogP contribution in [0.2, 0.25) is 0 Å². The lowest BCUT2D eigenvalue weighted by Gasteiger charge is -2.23. The molecule has 0 radical (unpaired) electrons. The van der Waals surface area contributed by atoms with Gasteiger partial charge in [0.2, 0.25) is 5.91 Å². The molecule has 0 saturated heterocycles. The molecule has 80 valence electrons. The topological polar surface area (TPSA) is 23.6 Å². The number of hydrogen-bond acceptors (Lipinski definition) is 2. The summed E-state index contributed by atoms with van der Waals surface area (Å²) in [6.07, 6.45) is 0. The summed E-state index contributed by atoms with van der Waals surface area (Å²) in [7, 11) is 5.62. The van der Waals surface area contributed by atoms with Crippen LogP contribution < -0.4 is 0 Å². The molecule has 0 N–H and O–H groups in total. The molecule has 0 saturated carbocycles. The second-order valence-electron chi connectivity index (χ2n) is 3.34. The Hall–Kier alpha value is -0.570. The minimum absolute atomic E-state index is 0.171. The Morgan fingerprint density at radius 1 is 1.15 bits per heavy atom. The first-order valence-electron chi connectivity index (χ1n) is 4.85. The van der Waals surface area contributed by atoms with Crippen molar-refractivity contribution in [3.8, 4) is 0 Å². The SMILES string of the molecule is CC.CC(C)N(C)C(=O)CN(C)C. The van der Waals surface area contributed by atoms with Crippen LogP contribution >= 0.6 is 0 Å². The standard InChI is InChI=1S/C8H18N2O.C2H6/c1-7(2)10(5)8(11)6-9(3)4;1-2/h7H,6H2,1-5H3;1-2H3. The largest absolute Gasteiger partial charge is 0.342 e. The highest BCUT2D eigenvalue weighted by molar-refractivity contribution is 5.78. The van der Waals surface area contributed by atoms with Crippen molar-refractivity contribution in [2.24, 2.45) is 0 Å². The van der Waals surface area contributed by atoms with Gasteiger partial charge in [-0.05, 0) is 27.9 Å². The van der Waals surface area contributed by atoms with E-state index in [1.807, 2.05) is 53.7 Å². The van der Waals surface area contributed by atoms with Crippen LogP contribution in [0.15, 0.2) is 0 Å². The second-order valence-corrected chi connectivity index (χ2v) is 3.34. The Kier molecular flexibility index (Phi) is 9.24. The van der Waals surface area contributed by atoms with Crippen molar-refractivity contribution in [3.05, 3.63) is 0 Å². The fraction of sp³-hybridized carbons (Fsp3) is 0.900. The van der Waals surface area contributed by atoms with Gasteiger partial charge in [-0.25, -0.2) is 0 Å². The van der Waals surface area contributed by atoms with Gasteiger partial charge in [0.05, 0.1) is 6.54 Å². The Labute approximate surface area is 82.7 Å². The van der Waals surface area contributed by atoms with Gasteiger partial charge < -0.3 is 9.80 Å². The maximum atomic E-state index is 11.3. The number of carbonyl (C=O) groups is 1. The normalized spacial score (nSPS) is 9.62. The Morgan fingerprint density at radius 3 is 1.77 bits per heavy atom. The minimum atomic E-state index is 0.171. The Balaban J connectivity index is 0. The lowest BCUT2D eigenvalue weighted by molar-refractivity contribution is -0.131. The zero-order valence-corrected chi connectivity index (χ0v) is 10.1. The van der Waals surface area contributed by atoms with E-state index >= 15 is 0 Å². The molecule has 3 nitrogen and oxygen atoms in total. The van der Waals surface area contributed by atoms with Gasteiger partial charge in [-0.3, -0.25) is 4.79 Å². The van der Waals surface area contributed by atoms with E-state index in [0.717, 1.165) is 0 Å². The van der Waals surface area contributed by atoms with Gasteiger partial charge in [-0.1, -0.05) is 13.8 Å². The van der Waals surface area contributed by atoms with E-state index < -0.39 is 0 Å². The molecule has 3 heteroatoms. The molecular formula is C10H24N2O. The first-order chi connectivity index (χ1) is 5.95. The molecule has 13 heavy (non-hydrogen) atoms. The summed E-state index contributed by atoms with van der Waals surface area (Å²) in [5, 5.41) is 0. The van der Waals surface area contributed by atoms with Crippen molar-refractivity contribution >= 4 is 5.91 Å². The molecule has 0 aromatic rings. The molecule has 0 bridgehead atoms. The van der Waals surface area contributed by atoms with E-state index in [4.69, 9.17) is 0 Å². The second kappa shape index (κ2) is 8.05. The third-order valence-electron chi connectivity index (χ3n) is 1.62. The molecular weight excluding hydrogens is 164 g/mol. The predicted octanol–water partition coefficient (Wildman–Crippen LogP) is 1.44. The monoisotopic (exact) mass is 188 g/mol. The number of hydrogen-bond donors (Lipinski definition) is 0. The van der Waals surface area contributed by atoms with E-state index in [1.165, 1.54) is 0 Å². The van der Waals surface area contributed by atoms with Gasteiger partial charge in [0.15, 0.2) is 0 Å². The highest BCUT2D eigenvalue weighted by Gasteiger charge is 2.11. The summed E-state index contributed by atoms with van der Waals surface area (Å²) in [6, 6.07) is 0.294. The summed E-state index contributed by atoms with van der Waals surface area (Å²) >= 11 is 0. The highest BCUT2D eigenvalue weighted by Crippen LogP contribution is 1.94. The minimum Gasteiger partial charge on any atom is -0.342 e. The lowest BCUT2D eigenvalue weighted by Crippen LogP contribution is -2.39. The van der Waals surface area contributed by atoms with E-state index in [2.05, 4.69) is 0 Å². The number of carbonyl (C=O) groups excluding carboxylic acids is 1. The summed E-state index contributed by atoms with van der Waals surface area (Å²) in [6.45, 7) is 8.51. The summed E-state index contributed by atoms with van der Waals surface area (Å²) in [4.78, 5) is 14.9. The van der Waals surface area contributed by atoms with Crippen LogP contribution in [0.4, 0.5) is 0 Å². The summed E-state index contributed by atoms with van der Waals surface area (Å²) < 4.78 is 0. The maximum absolute atomic E-state index is 11.3. The lowest BCUT2D eigenvalue weighted by atomic mass is 10.3. The third kappa shape index (κ3) is 7.78. The third-order valence-corrected chi connectivity index (χ3v) is 1.62. The van der Waals surface area contributed by atoms with Crippen molar-refractivity contribution in [2.45, 2.75) is 33.7 Å². The smallest absolute Gasteiger partial charge is 0.236 e. The molecule has 0 atom stereocenters. The van der Waals surface area contributed by atoms with Gasteiger partial charge in [0.25, 0.3) is 0 Å². The molecule has 0 unspecified atom stereocenters. The zero-order chi connectivity index (χ0) is 11.0. The van der Waals surface area contributed by atoms with Crippen molar-refractivity contribution in [1.29, 1.82) is 0 Å². The van der Waals surface area contributed by atoms with Crippen molar-refractivity contribution in [3.63, 3.8) is 0 Å². The van der Waals surface area contributed by atoms with E-state index in [9.17, 15) is 4.79 Å². The van der Waals surface area contributed by atoms with Crippen LogP contribution in [0.5, 0.6) is 0 Å². The fourth-order valence-electron chi connectivity index (χ4n) is 0.670. The molecule has 0 heterocycles. The van der Waals surface area contributed by atoms with Gasteiger partial charge >= 0.3 is 0 Å². The van der Waals surface area contributed by atoms with Crippen LogP contribution in [0.25, 0.3) is 0 Å². The fourth-order valence-corrected chi connectivity index (χ4v) is 0.670. The molecule has 0 aliphatic rings. The molecule has 0 rings (SSSR count). The molecule has 0 fully saturated rings. The van der Waals surface area contributed by atoms with Crippen molar-refractivity contribution < 1.29 is 4.79 Å². The number of rotatable bonds is 3. The van der Waals surface area contributed by atoms with Gasteiger partial charge in [-0.15, -0.1) is 0 Å². The average Bonchev–Trinajstić information content (AvgIpc) is 2.05. The Morgan fingerprint density at radius 2 is 1.54 bits per heavy atom. The van der Waals surface area contributed by atoms with E-state index in [-0.39, 0.29) is 5.91 Å². The van der Waals surface area contributed by atoms with Crippen molar-refractivity contribution in [1.82, 2.24) is 9.80 Å². The number of nitrogens with zero attached hydrogens (tertiary/aromatic N) is 2. The first kappa shape index (κ1) is 14.9. The van der Waals surface area contributed by atoms with E-state index in [1.54, 1.807) is 4.90 Å². The molecule has 0 aromatic heterocycles. The average molecular weight is 188 g/mol. The quantitative estimate of drug-likeness (QED) is 0.669. The molecule has 0 aliphatic carbocycles. The molecule has 1 amide bonds. The maximum Gasteiger partial charge on any atom is 0.236 e.